The van der Waals surface area contributed by atoms with Crippen LogP contribution in [0, 0.1) is 0 Å². The quantitative estimate of drug-likeness (QED) is 0.177. The van der Waals surface area contributed by atoms with Gasteiger partial charge in [-0.3, -0.25) is 0 Å². The summed E-state index contributed by atoms with van der Waals surface area (Å²) in [6.07, 6.45) is 2.35. The average molecular weight is 719 g/mol. The topological polar surface area (TPSA) is 15.6 Å². The molecule has 1 aliphatic rings. The molecule has 11 rings (SSSR count). The molecule has 7 aromatic carbocycles. The van der Waals surface area contributed by atoms with Gasteiger partial charge in [-0.1, -0.05) is 109 Å². The van der Waals surface area contributed by atoms with Crippen molar-refractivity contribution >= 4 is 106 Å². The van der Waals surface area contributed by atoms with E-state index < -0.39 is 0 Å². The van der Waals surface area contributed by atoms with Gasteiger partial charge in [-0.05, 0) is 65.2 Å². The average Bonchev–Trinajstić information content (AvgIpc) is 3.88. The lowest BCUT2D eigenvalue weighted by Crippen LogP contribution is -2.33. The number of hydrogen-bond donors (Lipinski definition) is 0. The van der Waals surface area contributed by atoms with Crippen LogP contribution in [0.15, 0.2) is 163 Å². The summed E-state index contributed by atoms with van der Waals surface area (Å²) >= 11 is 5.63. The van der Waals surface area contributed by atoms with E-state index in [1.54, 1.807) is 0 Å². The molecule has 5 heteroatoms. The molecule has 0 aliphatic carbocycles. The maximum absolute atomic E-state index is 5.38. The molecule has 0 N–H and O–H groups in total. The summed E-state index contributed by atoms with van der Waals surface area (Å²) in [5, 5.41) is 7.89. The Morgan fingerprint density at radius 1 is 0.462 bits per heavy atom. The predicted molar refractivity (Wildman–Crippen MR) is 228 cm³/mol. The zero-order valence-electron chi connectivity index (χ0n) is 28.2. The summed E-state index contributed by atoms with van der Waals surface area (Å²) < 4.78 is 7.93. The molecule has 10 aromatic rings. The van der Waals surface area contributed by atoms with Crippen LogP contribution in [0.25, 0.3) is 77.3 Å². The fourth-order valence-electron chi connectivity index (χ4n) is 7.96. The molecule has 0 saturated heterocycles. The van der Waals surface area contributed by atoms with Crippen molar-refractivity contribution in [3.63, 3.8) is 0 Å². The highest BCUT2D eigenvalue weighted by atomic mass is 32.1. The van der Waals surface area contributed by atoms with Gasteiger partial charge in [0, 0.05) is 78.7 Å². The number of aliphatic imine (C=N–C) groups is 1. The number of thiophene rings is 3. The zero-order chi connectivity index (χ0) is 34.3. The molecule has 246 valence electrons. The fraction of sp³-hybridized carbons (Fsp3) is 0.0426. The van der Waals surface area contributed by atoms with Crippen molar-refractivity contribution in [2.45, 2.75) is 6.04 Å². The van der Waals surface area contributed by atoms with Gasteiger partial charge in [-0.25, -0.2) is 4.99 Å². The normalized spacial score (nSPS) is 15.0. The summed E-state index contributed by atoms with van der Waals surface area (Å²) in [5.41, 5.74) is 7.08. The molecule has 0 saturated carbocycles. The van der Waals surface area contributed by atoms with Gasteiger partial charge in [0.1, 0.15) is 5.84 Å². The van der Waals surface area contributed by atoms with E-state index in [-0.39, 0.29) is 6.04 Å². The Labute approximate surface area is 312 Å². The van der Waals surface area contributed by atoms with Gasteiger partial charge < -0.3 is 4.90 Å². The lowest BCUT2D eigenvalue weighted by atomic mass is 9.97. The molecule has 2 nitrogen and oxygen atoms in total. The number of likely N-dealkylation sites (N-methyl/N-ethyl adjacent to an activating group) is 1. The van der Waals surface area contributed by atoms with Gasteiger partial charge in [0.2, 0.25) is 0 Å². The van der Waals surface area contributed by atoms with Crippen LogP contribution in [0.4, 0.5) is 0 Å². The first-order chi connectivity index (χ1) is 25.7. The second-order valence-electron chi connectivity index (χ2n) is 13.6. The van der Waals surface area contributed by atoms with Crippen LogP contribution in [0.5, 0.6) is 0 Å². The second-order valence-corrected chi connectivity index (χ2v) is 16.8. The van der Waals surface area contributed by atoms with Crippen molar-refractivity contribution in [1.82, 2.24) is 4.90 Å². The minimum absolute atomic E-state index is 0.0284. The van der Waals surface area contributed by atoms with Crippen LogP contribution < -0.4 is 0 Å². The van der Waals surface area contributed by atoms with E-state index >= 15 is 0 Å². The predicted octanol–water partition coefficient (Wildman–Crippen LogP) is 13.9. The SMILES string of the molecule is CN1C(c2ccccc2)=NC(c2ccc3sc4ccc(-c5cccc6c5sc5ccccc56)cc4c3c2)=CC1c1ccc2c(c1)sc1ccccc12. The van der Waals surface area contributed by atoms with Crippen molar-refractivity contribution < 1.29 is 0 Å². The molecular weight excluding hydrogens is 689 g/mol. The van der Waals surface area contributed by atoms with Crippen LogP contribution in [-0.2, 0) is 0 Å². The first kappa shape index (κ1) is 30.1. The Bertz CT molecular complexity index is 3100. The number of hydrogen-bond acceptors (Lipinski definition) is 5. The molecule has 0 spiro atoms. The monoisotopic (exact) mass is 718 g/mol. The maximum atomic E-state index is 5.38. The smallest absolute Gasteiger partial charge is 0.137 e. The fourth-order valence-corrected chi connectivity index (χ4v) is 11.4. The molecule has 1 aliphatic heterocycles. The molecule has 4 heterocycles. The third-order valence-electron chi connectivity index (χ3n) is 10.6. The number of rotatable bonds is 4. The second kappa shape index (κ2) is 11.7. The Balaban J connectivity index is 1.06. The summed E-state index contributed by atoms with van der Waals surface area (Å²) in [6, 6.07) is 55.8. The van der Waals surface area contributed by atoms with Gasteiger partial charge in [0.25, 0.3) is 0 Å². The van der Waals surface area contributed by atoms with Gasteiger partial charge in [0.15, 0.2) is 0 Å². The van der Waals surface area contributed by atoms with Crippen molar-refractivity contribution in [1.29, 1.82) is 0 Å². The molecule has 0 fully saturated rings. The van der Waals surface area contributed by atoms with E-state index in [1.807, 2.05) is 34.0 Å². The van der Waals surface area contributed by atoms with Crippen molar-refractivity contribution in [3.8, 4) is 11.1 Å². The summed E-state index contributed by atoms with van der Waals surface area (Å²) in [6.45, 7) is 0. The van der Waals surface area contributed by atoms with Gasteiger partial charge in [0.05, 0.1) is 11.7 Å². The highest BCUT2D eigenvalue weighted by Gasteiger charge is 2.26. The third kappa shape index (κ3) is 4.70. The highest BCUT2D eigenvalue weighted by Crippen LogP contribution is 2.44. The van der Waals surface area contributed by atoms with E-state index in [0.717, 1.165) is 22.7 Å². The van der Waals surface area contributed by atoms with Crippen molar-refractivity contribution in [2.75, 3.05) is 7.05 Å². The maximum Gasteiger partial charge on any atom is 0.137 e. The van der Waals surface area contributed by atoms with Gasteiger partial charge >= 0.3 is 0 Å². The first-order valence-electron chi connectivity index (χ1n) is 17.5. The van der Waals surface area contributed by atoms with Crippen molar-refractivity contribution in [2.24, 2.45) is 4.99 Å². The number of nitrogens with zero attached hydrogens (tertiary/aromatic N) is 2. The Morgan fingerprint density at radius 3 is 1.88 bits per heavy atom. The highest BCUT2D eigenvalue weighted by molar-refractivity contribution is 7.27. The number of amidine groups is 1. The Hall–Kier alpha value is -5.59. The Kier molecular flexibility index (Phi) is 6.78. The first-order valence-corrected chi connectivity index (χ1v) is 20.0. The van der Waals surface area contributed by atoms with Crippen LogP contribution in [0.2, 0.25) is 0 Å². The largest absolute Gasteiger partial charge is 0.349 e. The van der Waals surface area contributed by atoms with Gasteiger partial charge in [-0.15, -0.1) is 34.0 Å². The van der Waals surface area contributed by atoms with Crippen LogP contribution >= 0.6 is 34.0 Å². The Morgan fingerprint density at radius 2 is 1.08 bits per heavy atom. The molecule has 3 aromatic heterocycles. The number of fused-ring (bicyclic) bond motifs is 9. The summed E-state index contributed by atoms with van der Waals surface area (Å²) in [7, 11) is 2.17. The number of benzene rings is 7. The lowest BCUT2D eigenvalue weighted by Gasteiger charge is -2.33. The third-order valence-corrected chi connectivity index (χ3v) is 14.1. The zero-order valence-corrected chi connectivity index (χ0v) is 30.7. The molecule has 52 heavy (non-hydrogen) atoms. The van der Waals surface area contributed by atoms with E-state index in [0.29, 0.717) is 0 Å². The van der Waals surface area contributed by atoms with E-state index in [4.69, 9.17) is 4.99 Å². The molecule has 0 amide bonds. The van der Waals surface area contributed by atoms with E-state index in [1.165, 1.54) is 77.2 Å². The van der Waals surface area contributed by atoms with Crippen LogP contribution in [-0.4, -0.2) is 17.8 Å². The van der Waals surface area contributed by atoms with Crippen LogP contribution in [0.3, 0.4) is 0 Å². The molecule has 1 unspecified atom stereocenters. The molecule has 1 atom stereocenters. The minimum Gasteiger partial charge on any atom is -0.349 e. The molecule has 0 bridgehead atoms. The molecular formula is C47H30N2S3. The van der Waals surface area contributed by atoms with Crippen molar-refractivity contribution in [3.05, 3.63) is 174 Å². The van der Waals surface area contributed by atoms with Gasteiger partial charge in [-0.2, -0.15) is 0 Å². The lowest BCUT2D eigenvalue weighted by molar-refractivity contribution is 0.435. The van der Waals surface area contributed by atoms with E-state index in [2.05, 4.69) is 170 Å². The molecule has 0 radical (unpaired) electrons. The summed E-state index contributed by atoms with van der Waals surface area (Å²) in [5.74, 6) is 0.980. The van der Waals surface area contributed by atoms with Crippen LogP contribution in [0.1, 0.15) is 22.7 Å². The minimum atomic E-state index is 0.0284. The standard InChI is InChI=1S/C47H30N2S3/c1-49-40(31-18-21-35-33-12-5-7-16-41(33)51-45(35)26-31)27-39(48-47(49)28-10-3-2-4-11-28)30-20-23-44-38(25-30)37-24-29(19-22-43(37)50-44)32-14-9-15-36-34-13-6-8-17-42(34)52-46(32)36/h2-27,40H,1H3. The summed E-state index contributed by atoms with van der Waals surface area (Å²) in [4.78, 5) is 7.70. The van der Waals surface area contributed by atoms with E-state index in [9.17, 15) is 0 Å².